The van der Waals surface area contributed by atoms with Gasteiger partial charge < -0.3 is 15.5 Å². The van der Waals surface area contributed by atoms with Gasteiger partial charge in [0.2, 0.25) is 17.7 Å². The highest BCUT2D eigenvalue weighted by molar-refractivity contribution is 7.86. The maximum atomic E-state index is 13.2. The molecular weight excluding hydrogens is 462 g/mol. The zero-order valence-electron chi connectivity index (χ0n) is 20.8. The number of nitrogens with zero attached hydrogens (tertiary/aromatic N) is 1. The fraction of sp³-hybridized carbons (Fsp3) is 0.444. The molecule has 0 radical (unpaired) electrons. The lowest BCUT2D eigenvalue weighted by atomic mass is 9.95. The minimum Gasteiger partial charge on any atom is -0.352 e. The summed E-state index contributed by atoms with van der Waals surface area (Å²) in [5.41, 5.74) is 4.10. The number of benzene rings is 2. The molecule has 1 saturated carbocycles. The van der Waals surface area contributed by atoms with E-state index in [0.717, 1.165) is 42.4 Å². The van der Waals surface area contributed by atoms with Crippen LogP contribution in [0.1, 0.15) is 48.8 Å². The van der Waals surface area contributed by atoms with E-state index >= 15 is 0 Å². The highest BCUT2D eigenvalue weighted by atomic mass is 32.2. The summed E-state index contributed by atoms with van der Waals surface area (Å²) < 4.78 is 12.7. The first-order valence-corrected chi connectivity index (χ1v) is 13.6. The molecule has 0 aliphatic heterocycles. The van der Waals surface area contributed by atoms with E-state index in [4.69, 9.17) is 0 Å². The number of carbonyl (C=O) groups is 3. The van der Waals surface area contributed by atoms with Crippen molar-refractivity contribution in [2.24, 2.45) is 0 Å². The van der Waals surface area contributed by atoms with Crippen molar-refractivity contribution in [3.8, 4) is 0 Å². The van der Waals surface area contributed by atoms with Crippen LogP contribution in [0.3, 0.4) is 0 Å². The van der Waals surface area contributed by atoms with Crippen LogP contribution < -0.4 is 15.5 Å². The molecule has 2 aromatic carbocycles. The van der Waals surface area contributed by atoms with Crippen LogP contribution in [0.15, 0.2) is 42.5 Å². The third-order valence-corrected chi connectivity index (χ3v) is 7.29. The number of nitrogens with one attached hydrogen (secondary N) is 2. The van der Waals surface area contributed by atoms with Gasteiger partial charge in [-0.2, -0.15) is 0 Å². The molecule has 3 amide bonds. The molecular formula is C27H35N3O4S. The molecule has 0 bridgehead atoms. The van der Waals surface area contributed by atoms with Crippen LogP contribution in [-0.4, -0.2) is 46.0 Å². The van der Waals surface area contributed by atoms with E-state index in [9.17, 15) is 18.6 Å². The Balaban J connectivity index is 1.66. The number of aryl methyl sites for hydroxylation is 3. The van der Waals surface area contributed by atoms with Crippen LogP contribution in [0.5, 0.6) is 0 Å². The molecule has 35 heavy (non-hydrogen) atoms. The SMILES string of the molecule is Cc1ccc(NC(=O)C[S@@](=O)CC(=O)N(CC(=O)NC2CCCCC2)c2cc(C)ccc2C)cc1. The van der Waals surface area contributed by atoms with Gasteiger partial charge in [-0.05, 0) is 62.9 Å². The Kier molecular flexibility index (Phi) is 9.60. The van der Waals surface area contributed by atoms with Crippen molar-refractivity contribution < 1.29 is 18.6 Å². The largest absolute Gasteiger partial charge is 0.352 e. The zero-order chi connectivity index (χ0) is 25.4. The van der Waals surface area contributed by atoms with Crippen LogP contribution in [0.25, 0.3) is 0 Å². The predicted molar refractivity (Wildman–Crippen MR) is 141 cm³/mol. The van der Waals surface area contributed by atoms with Crippen molar-refractivity contribution in [2.45, 2.75) is 58.9 Å². The van der Waals surface area contributed by atoms with Gasteiger partial charge in [0.25, 0.3) is 0 Å². The van der Waals surface area contributed by atoms with Crippen molar-refractivity contribution in [2.75, 3.05) is 28.3 Å². The van der Waals surface area contributed by atoms with Gasteiger partial charge in [0.15, 0.2) is 0 Å². The maximum absolute atomic E-state index is 13.2. The van der Waals surface area contributed by atoms with Crippen molar-refractivity contribution >= 4 is 39.9 Å². The van der Waals surface area contributed by atoms with E-state index in [2.05, 4.69) is 10.6 Å². The van der Waals surface area contributed by atoms with Crippen molar-refractivity contribution in [1.29, 1.82) is 0 Å². The number of anilines is 2. The summed E-state index contributed by atoms with van der Waals surface area (Å²) in [5, 5.41) is 5.76. The maximum Gasteiger partial charge on any atom is 0.240 e. The Morgan fingerprint density at radius 3 is 2.23 bits per heavy atom. The first-order chi connectivity index (χ1) is 16.7. The smallest absolute Gasteiger partial charge is 0.240 e. The van der Waals surface area contributed by atoms with Gasteiger partial charge >= 0.3 is 0 Å². The van der Waals surface area contributed by atoms with Crippen LogP contribution in [0, 0.1) is 20.8 Å². The van der Waals surface area contributed by atoms with Gasteiger partial charge in [-0.15, -0.1) is 0 Å². The lowest BCUT2D eigenvalue weighted by Gasteiger charge is -2.27. The van der Waals surface area contributed by atoms with Gasteiger partial charge in [0, 0.05) is 28.2 Å². The first kappa shape index (κ1) is 26.6. The summed E-state index contributed by atoms with van der Waals surface area (Å²) >= 11 is 0. The Bertz CT molecular complexity index is 1080. The minimum atomic E-state index is -1.72. The lowest BCUT2D eigenvalue weighted by molar-refractivity contribution is -0.123. The van der Waals surface area contributed by atoms with Gasteiger partial charge in [0.05, 0.1) is 0 Å². The topological polar surface area (TPSA) is 95.6 Å². The minimum absolute atomic E-state index is 0.131. The van der Waals surface area contributed by atoms with Gasteiger partial charge in [-0.3, -0.25) is 18.6 Å². The molecule has 3 rings (SSSR count). The van der Waals surface area contributed by atoms with E-state index in [1.165, 1.54) is 11.3 Å². The summed E-state index contributed by atoms with van der Waals surface area (Å²) in [5.74, 6) is -1.73. The number of rotatable bonds is 9. The molecule has 188 valence electrons. The molecule has 1 atom stereocenters. The fourth-order valence-corrected chi connectivity index (χ4v) is 5.13. The fourth-order valence-electron chi connectivity index (χ4n) is 4.23. The number of carbonyl (C=O) groups excluding carboxylic acids is 3. The molecule has 0 saturated heterocycles. The van der Waals surface area contributed by atoms with Crippen LogP contribution >= 0.6 is 0 Å². The molecule has 1 aliphatic rings. The summed E-state index contributed by atoms with van der Waals surface area (Å²) in [4.78, 5) is 39.8. The second kappa shape index (κ2) is 12.6. The number of hydrogen-bond donors (Lipinski definition) is 2. The molecule has 1 aliphatic carbocycles. The number of hydrogen-bond acceptors (Lipinski definition) is 4. The monoisotopic (exact) mass is 497 g/mol. The molecule has 0 aromatic heterocycles. The standard InChI is InChI=1S/C27H35N3O4S/c1-19-10-13-23(14-11-19)29-26(32)17-35(34)18-27(33)30(24-15-20(2)9-12-21(24)3)16-25(31)28-22-7-5-4-6-8-22/h9-15,22H,4-8,16-18H2,1-3H3,(H,28,31)(H,29,32)/t35-/m1/s1. The normalized spacial score (nSPS) is 14.7. The summed E-state index contributed by atoms with van der Waals surface area (Å²) in [6.45, 7) is 5.59. The molecule has 2 N–H and O–H groups in total. The zero-order valence-corrected chi connectivity index (χ0v) is 21.6. The van der Waals surface area contributed by atoms with Crippen LogP contribution in [0.2, 0.25) is 0 Å². The first-order valence-electron chi connectivity index (χ1n) is 12.1. The predicted octanol–water partition coefficient (Wildman–Crippen LogP) is 3.78. The van der Waals surface area contributed by atoms with Crippen molar-refractivity contribution in [1.82, 2.24) is 5.32 Å². The Morgan fingerprint density at radius 1 is 0.886 bits per heavy atom. The third kappa shape index (κ3) is 8.31. The molecule has 0 spiro atoms. The van der Waals surface area contributed by atoms with Crippen molar-refractivity contribution in [3.05, 3.63) is 59.2 Å². The van der Waals surface area contributed by atoms with E-state index in [1.54, 1.807) is 12.1 Å². The summed E-state index contributed by atoms with van der Waals surface area (Å²) in [7, 11) is -1.72. The molecule has 7 nitrogen and oxygen atoms in total. The Morgan fingerprint density at radius 2 is 1.54 bits per heavy atom. The van der Waals surface area contributed by atoms with Crippen molar-refractivity contribution in [3.63, 3.8) is 0 Å². The van der Waals surface area contributed by atoms with E-state index in [1.807, 2.05) is 51.1 Å². The third-order valence-electron chi connectivity index (χ3n) is 6.14. The average molecular weight is 498 g/mol. The Hall–Kier alpha value is -3.00. The molecule has 2 aromatic rings. The highest BCUT2D eigenvalue weighted by Gasteiger charge is 2.25. The van der Waals surface area contributed by atoms with E-state index in [0.29, 0.717) is 11.4 Å². The molecule has 0 unspecified atom stereocenters. The molecule has 1 fully saturated rings. The average Bonchev–Trinajstić information content (AvgIpc) is 2.81. The lowest BCUT2D eigenvalue weighted by Crippen LogP contribution is -2.46. The highest BCUT2D eigenvalue weighted by Crippen LogP contribution is 2.23. The van der Waals surface area contributed by atoms with Crippen LogP contribution in [-0.2, 0) is 25.2 Å². The van der Waals surface area contributed by atoms with E-state index < -0.39 is 22.6 Å². The van der Waals surface area contributed by atoms with Gasteiger partial charge in [-0.1, -0.05) is 49.1 Å². The number of amides is 3. The quantitative estimate of drug-likeness (QED) is 0.551. The second-order valence-corrected chi connectivity index (χ2v) is 10.8. The second-order valence-electron chi connectivity index (χ2n) is 9.31. The van der Waals surface area contributed by atoms with Gasteiger partial charge in [-0.25, -0.2) is 0 Å². The molecule has 8 heteroatoms. The van der Waals surface area contributed by atoms with E-state index in [-0.39, 0.29) is 30.0 Å². The molecule has 0 heterocycles. The summed E-state index contributed by atoms with van der Waals surface area (Å²) in [6.07, 6.45) is 5.26. The Labute approximate surface area is 210 Å². The van der Waals surface area contributed by atoms with Gasteiger partial charge in [0.1, 0.15) is 18.1 Å². The van der Waals surface area contributed by atoms with Crippen LogP contribution in [0.4, 0.5) is 11.4 Å². The summed E-state index contributed by atoms with van der Waals surface area (Å²) in [6, 6.07) is 13.1.